The van der Waals surface area contributed by atoms with Crippen LogP contribution in [-0.4, -0.2) is 37.8 Å². The van der Waals surface area contributed by atoms with Gasteiger partial charge in [0, 0.05) is 6.54 Å². The van der Waals surface area contributed by atoms with Gasteiger partial charge in [0.15, 0.2) is 11.5 Å². The van der Waals surface area contributed by atoms with Crippen LogP contribution >= 0.6 is 0 Å². The molecule has 4 nitrogen and oxygen atoms in total. The third-order valence-electron chi connectivity index (χ3n) is 3.14. The largest absolute Gasteiger partial charge is 0.502 e. The maximum absolute atomic E-state index is 9.86. The smallest absolute Gasteiger partial charge is 0.200 e. The van der Waals surface area contributed by atoms with Crippen LogP contribution in [0.1, 0.15) is 31.7 Å². The number of aromatic hydroxyl groups is 1. The summed E-state index contributed by atoms with van der Waals surface area (Å²) in [6, 6.07) is 3.71. The van der Waals surface area contributed by atoms with Gasteiger partial charge < -0.3 is 19.5 Å². The Bertz CT molecular complexity index is 368. The van der Waals surface area contributed by atoms with Gasteiger partial charge in [0.1, 0.15) is 0 Å². The lowest BCUT2D eigenvalue weighted by Gasteiger charge is -2.18. The average molecular weight is 267 g/mol. The van der Waals surface area contributed by atoms with E-state index in [-0.39, 0.29) is 5.75 Å². The van der Waals surface area contributed by atoms with Crippen molar-refractivity contribution in [2.75, 3.05) is 27.8 Å². The first-order chi connectivity index (χ1) is 9.12. The fraction of sp³-hybridized carbons (Fsp3) is 0.600. The second kappa shape index (κ2) is 7.89. The van der Waals surface area contributed by atoms with Crippen LogP contribution in [0, 0.1) is 0 Å². The SMILES string of the molecule is CCCCCN(C)Cc1cc(OC)c(O)c(OC)c1. The number of ether oxygens (including phenoxy) is 2. The molecule has 0 amide bonds. The van der Waals surface area contributed by atoms with Crippen LogP contribution in [0.5, 0.6) is 17.2 Å². The fourth-order valence-corrected chi connectivity index (χ4v) is 2.06. The number of methoxy groups -OCH3 is 2. The molecular weight excluding hydrogens is 242 g/mol. The molecule has 1 N–H and O–H groups in total. The highest BCUT2D eigenvalue weighted by molar-refractivity contribution is 5.52. The van der Waals surface area contributed by atoms with E-state index in [4.69, 9.17) is 9.47 Å². The number of unbranched alkanes of at least 4 members (excludes halogenated alkanes) is 2. The van der Waals surface area contributed by atoms with Gasteiger partial charge in [-0.25, -0.2) is 0 Å². The summed E-state index contributed by atoms with van der Waals surface area (Å²) in [6.07, 6.45) is 3.70. The highest BCUT2D eigenvalue weighted by atomic mass is 16.5. The highest BCUT2D eigenvalue weighted by Gasteiger charge is 2.12. The van der Waals surface area contributed by atoms with Crippen molar-refractivity contribution in [2.45, 2.75) is 32.7 Å². The predicted molar refractivity (Wildman–Crippen MR) is 77.1 cm³/mol. The van der Waals surface area contributed by atoms with E-state index >= 15 is 0 Å². The quantitative estimate of drug-likeness (QED) is 0.735. The summed E-state index contributed by atoms with van der Waals surface area (Å²) in [6.45, 7) is 4.09. The molecule has 1 aromatic rings. The van der Waals surface area contributed by atoms with Crippen LogP contribution in [0.3, 0.4) is 0 Å². The molecule has 0 unspecified atom stereocenters. The standard InChI is InChI=1S/C15H25NO3/c1-5-6-7-8-16(2)11-12-9-13(18-3)15(17)14(10-12)19-4/h9-10,17H,5-8,11H2,1-4H3. The van der Waals surface area contributed by atoms with E-state index in [1.54, 1.807) is 14.2 Å². The minimum Gasteiger partial charge on any atom is -0.502 e. The molecule has 0 saturated carbocycles. The molecular formula is C15H25NO3. The van der Waals surface area contributed by atoms with E-state index in [9.17, 15) is 5.11 Å². The van der Waals surface area contributed by atoms with Crippen molar-refractivity contribution < 1.29 is 14.6 Å². The van der Waals surface area contributed by atoms with E-state index in [1.165, 1.54) is 19.3 Å². The van der Waals surface area contributed by atoms with Crippen molar-refractivity contribution in [2.24, 2.45) is 0 Å². The van der Waals surface area contributed by atoms with E-state index in [2.05, 4.69) is 18.9 Å². The number of nitrogens with zero attached hydrogens (tertiary/aromatic N) is 1. The number of hydrogen-bond acceptors (Lipinski definition) is 4. The van der Waals surface area contributed by atoms with Crippen molar-refractivity contribution >= 4 is 0 Å². The Morgan fingerprint density at radius 1 is 1.11 bits per heavy atom. The summed E-state index contributed by atoms with van der Waals surface area (Å²) in [4.78, 5) is 2.26. The second-order valence-electron chi connectivity index (χ2n) is 4.79. The van der Waals surface area contributed by atoms with Crippen molar-refractivity contribution in [3.05, 3.63) is 17.7 Å². The molecule has 0 aliphatic heterocycles. The van der Waals surface area contributed by atoms with E-state index in [0.717, 1.165) is 18.7 Å². The summed E-state index contributed by atoms with van der Waals surface area (Å²) in [5, 5.41) is 9.86. The number of phenols is 1. The first kappa shape index (κ1) is 15.6. The van der Waals surface area contributed by atoms with Gasteiger partial charge in [-0.05, 0) is 37.7 Å². The molecule has 0 aromatic heterocycles. The molecule has 0 fully saturated rings. The minimum absolute atomic E-state index is 0.0578. The molecule has 1 aromatic carbocycles. The van der Waals surface area contributed by atoms with Crippen LogP contribution in [0.15, 0.2) is 12.1 Å². The molecule has 0 heterocycles. The zero-order chi connectivity index (χ0) is 14.3. The maximum atomic E-state index is 9.86. The zero-order valence-electron chi connectivity index (χ0n) is 12.4. The van der Waals surface area contributed by atoms with Crippen molar-refractivity contribution in [1.29, 1.82) is 0 Å². The summed E-state index contributed by atoms with van der Waals surface area (Å²) in [5.41, 5.74) is 1.07. The predicted octanol–water partition coefficient (Wildman–Crippen LogP) is 3.03. The molecule has 0 bridgehead atoms. The molecule has 19 heavy (non-hydrogen) atoms. The topological polar surface area (TPSA) is 41.9 Å². The van der Waals surface area contributed by atoms with Crippen molar-refractivity contribution in [3.63, 3.8) is 0 Å². The lowest BCUT2D eigenvalue weighted by molar-refractivity contribution is 0.312. The number of rotatable bonds is 8. The second-order valence-corrected chi connectivity index (χ2v) is 4.79. The highest BCUT2D eigenvalue weighted by Crippen LogP contribution is 2.37. The minimum atomic E-state index is 0.0578. The normalized spacial score (nSPS) is 10.8. The van der Waals surface area contributed by atoms with E-state index < -0.39 is 0 Å². The maximum Gasteiger partial charge on any atom is 0.200 e. The molecule has 0 spiro atoms. The summed E-state index contributed by atoms with van der Waals surface area (Å²) in [7, 11) is 5.19. The van der Waals surface area contributed by atoms with Crippen LogP contribution in [-0.2, 0) is 6.54 Å². The molecule has 0 saturated heterocycles. The van der Waals surface area contributed by atoms with Crippen LogP contribution < -0.4 is 9.47 Å². The number of benzene rings is 1. The van der Waals surface area contributed by atoms with Crippen LogP contribution in [0.2, 0.25) is 0 Å². The first-order valence-corrected chi connectivity index (χ1v) is 6.74. The molecule has 0 radical (unpaired) electrons. The summed E-state index contributed by atoms with van der Waals surface area (Å²) in [5.74, 6) is 0.968. The van der Waals surface area contributed by atoms with E-state index in [1.807, 2.05) is 12.1 Å². The first-order valence-electron chi connectivity index (χ1n) is 6.74. The lowest BCUT2D eigenvalue weighted by Crippen LogP contribution is -2.19. The van der Waals surface area contributed by atoms with Gasteiger partial charge in [-0.2, -0.15) is 0 Å². The van der Waals surface area contributed by atoms with Crippen molar-refractivity contribution in [3.8, 4) is 17.2 Å². The third-order valence-corrected chi connectivity index (χ3v) is 3.14. The Labute approximate surface area is 115 Å². The van der Waals surface area contributed by atoms with Gasteiger partial charge in [-0.3, -0.25) is 0 Å². The molecule has 4 heteroatoms. The monoisotopic (exact) mass is 267 g/mol. The number of phenolic OH excluding ortho intramolecular Hbond substituents is 1. The Morgan fingerprint density at radius 2 is 1.68 bits per heavy atom. The average Bonchev–Trinajstić information content (AvgIpc) is 2.40. The van der Waals surface area contributed by atoms with E-state index in [0.29, 0.717) is 11.5 Å². The van der Waals surface area contributed by atoms with Gasteiger partial charge in [0.2, 0.25) is 5.75 Å². The van der Waals surface area contributed by atoms with Crippen LogP contribution in [0.4, 0.5) is 0 Å². The number of hydrogen-bond donors (Lipinski definition) is 1. The Hall–Kier alpha value is -1.42. The van der Waals surface area contributed by atoms with Crippen LogP contribution in [0.25, 0.3) is 0 Å². The van der Waals surface area contributed by atoms with Gasteiger partial charge in [-0.15, -0.1) is 0 Å². The van der Waals surface area contributed by atoms with Gasteiger partial charge >= 0.3 is 0 Å². The van der Waals surface area contributed by atoms with Gasteiger partial charge in [0.05, 0.1) is 14.2 Å². The molecule has 108 valence electrons. The zero-order valence-corrected chi connectivity index (χ0v) is 12.4. The third kappa shape index (κ3) is 4.63. The summed E-state index contributed by atoms with van der Waals surface area (Å²) >= 11 is 0. The summed E-state index contributed by atoms with van der Waals surface area (Å²) < 4.78 is 10.3. The molecule has 0 aliphatic rings. The van der Waals surface area contributed by atoms with Crippen molar-refractivity contribution in [1.82, 2.24) is 4.90 Å². The molecule has 1 rings (SSSR count). The Balaban J connectivity index is 2.72. The fourth-order valence-electron chi connectivity index (χ4n) is 2.06. The van der Waals surface area contributed by atoms with Gasteiger partial charge in [-0.1, -0.05) is 19.8 Å². The van der Waals surface area contributed by atoms with Gasteiger partial charge in [0.25, 0.3) is 0 Å². The lowest BCUT2D eigenvalue weighted by atomic mass is 10.1. The molecule has 0 aliphatic carbocycles. The Morgan fingerprint density at radius 3 is 2.16 bits per heavy atom. The molecule has 0 atom stereocenters. The Kier molecular flexibility index (Phi) is 6.50.